The van der Waals surface area contributed by atoms with Crippen LogP contribution in [0.2, 0.25) is 10.0 Å². The van der Waals surface area contributed by atoms with E-state index in [1.807, 2.05) is 0 Å². The molecule has 26 heavy (non-hydrogen) atoms. The second-order valence-electron chi connectivity index (χ2n) is 5.32. The van der Waals surface area contributed by atoms with Crippen LogP contribution in [0.4, 0.5) is 8.92 Å². The summed E-state index contributed by atoms with van der Waals surface area (Å²) in [6.45, 7) is 2.07. The van der Waals surface area contributed by atoms with Gasteiger partial charge in [0.2, 0.25) is 0 Å². The molecule has 0 heterocycles. The Balaban J connectivity index is 2.09. The number of halogens is 4. The molecule has 1 unspecified atom stereocenters. The first kappa shape index (κ1) is 20.4. The summed E-state index contributed by atoms with van der Waals surface area (Å²) >= 11 is 11.8. The van der Waals surface area contributed by atoms with E-state index in [2.05, 4.69) is 4.94 Å². The molecule has 0 N–H and O–H groups in total. The molecule has 0 fully saturated rings. The van der Waals surface area contributed by atoms with Crippen molar-refractivity contribution in [2.45, 2.75) is 26.1 Å². The molecule has 0 aliphatic heterocycles. The fourth-order valence-corrected chi connectivity index (χ4v) is 2.62. The van der Waals surface area contributed by atoms with Crippen LogP contribution >= 0.6 is 23.2 Å². The van der Waals surface area contributed by atoms with Gasteiger partial charge in [-0.15, -0.1) is 0 Å². The minimum atomic E-state index is -1.14. The molecule has 8 heteroatoms. The molecule has 0 spiro atoms. The van der Waals surface area contributed by atoms with Crippen molar-refractivity contribution in [1.29, 1.82) is 0 Å². The summed E-state index contributed by atoms with van der Waals surface area (Å²) in [5.74, 6) is -1.50. The van der Waals surface area contributed by atoms with Crippen molar-refractivity contribution < 1.29 is 28.1 Å². The molecule has 0 aromatic heterocycles. The zero-order valence-corrected chi connectivity index (χ0v) is 15.3. The van der Waals surface area contributed by atoms with E-state index in [4.69, 9.17) is 32.7 Å². The van der Waals surface area contributed by atoms with Crippen LogP contribution in [0.3, 0.4) is 0 Å². The van der Waals surface area contributed by atoms with E-state index in [9.17, 15) is 13.7 Å². The predicted octanol–water partition coefficient (Wildman–Crippen LogP) is 5.61. The van der Waals surface area contributed by atoms with Crippen LogP contribution < -0.4 is 4.74 Å². The second kappa shape index (κ2) is 9.71. The van der Waals surface area contributed by atoms with Gasteiger partial charge in [0, 0.05) is 22.8 Å². The zero-order chi connectivity index (χ0) is 19.1. The highest BCUT2D eigenvalue weighted by Gasteiger charge is 2.21. The van der Waals surface area contributed by atoms with E-state index in [0.29, 0.717) is 10.0 Å². The minimum absolute atomic E-state index is 0.110. The summed E-state index contributed by atoms with van der Waals surface area (Å²) in [5.41, 5.74) is 0.876. The van der Waals surface area contributed by atoms with E-state index in [1.54, 1.807) is 25.1 Å². The summed E-state index contributed by atoms with van der Waals surface area (Å²) in [4.78, 5) is 14.2. The highest BCUT2D eigenvalue weighted by molar-refractivity contribution is 6.42. The second-order valence-corrected chi connectivity index (χ2v) is 6.13. The maximum atomic E-state index is 14.4. The average Bonchev–Trinajstić information content (AvgIpc) is 2.62. The maximum Gasteiger partial charge on any atom is 0.351 e. The largest absolute Gasteiger partial charge is 0.489 e. The van der Waals surface area contributed by atoms with Crippen LogP contribution in [0.15, 0.2) is 36.4 Å². The van der Waals surface area contributed by atoms with Crippen molar-refractivity contribution in [3.8, 4) is 5.75 Å². The van der Waals surface area contributed by atoms with Crippen molar-refractivity contribution in [3.63, 3.8) is 0 Å². The van der Waals surface area contributed by atoms with Gasteiger partial charge in [0.05, 0.1) is 22.6 Å². The third kappa shape index (κ3) is 5.56. The average molecular weight is 405 g/mol. The van der Waals surface area contributed by atoms with Crippen LogP contribution in [-0.2, 0) is 21.1 Å². The van der Waals surface area contributed by atoms with Crippen LogP contribution in [0, 0.1) is 5.82 Å². The lowest BCUT2D eigenvalue weighted by Crippen LogP contribution is -2.12. The van der Waals surface area contributed by atoms with E-state index in [-0.39, 0.29) is 24.5 Å². The van der Waals surface area contributed by atoms with Gasteiger partial charge in [0.25, 0.3) is 0 Å². The molecule has 2 aromatic rings. The maximum absolute atomic E-state index is 14.4. The van der Waals surface area contributed by atoms with Crippen molar-refractivity contribution in [2.24, 2.45) is 0 Å². The SMILES string of the molecule is CCOC(CC(=O)OF)c1ccc(OCc2ccc(Cl)c(Cl)c2)cc1F. The topological polar surface area (TPSA) is 44.8 Å². The molecule has 0 aliphatic rings. The first-order chi connectivity index (χ1) is 12.4. The lowest BCUT2D eigenvalue weighted by atomic mass is 10.1. The fraction of sp³-hybridized carbons (Fsp3) is 0.278. The Hall–Kier alpha value is -1.89. The summed E-state index contributed by atoms with van der Waals surface area (Å²) in [6.07, 6.45) is -1.39. The van der Waals surface area contributed by atoms with Crippen molar-refractivity contribution >= 4 is 29.2 Å². The Kier molecular flexibility index (Phi) is 7.63. The van der Waals surface area contributed by atoms with E-state index < -0.39 is 24.3 Å². The van der Waals surface area contributed by atoms with Crippen LogP contribution in [0.5, 0.6) is 5.75 Å². The van der Waals surface area contributed by atoms with E-state index in [0.717, 1.165) is 5.56 Å². The third-order valence-electron chi connectivity index (χ3n) is 3.51. The smallest absolute Gasteiger partial charge is 0.351 e. The number of ether oxygens (including phenoxy) is 2. The first-order valence-electron chi connectivity index (χ1n) is 7.73. The monoisotopic (exact) mass is 404 g/mol. The van der Waals surface area contributed by atoms with Crippen molar-refractivity contribution in [2.75, 3.05) is 6.61 Å². The number of hydrogen-bond acceptors (Lipinski definition) is 4. The molecular weight excluding hydrogens is 389 g/mol. The normalized spacial score (nSPS) is 11.9. The van der Waals surface area contributed by atoms with Gasteiger partial charge >= 0.3 is 5.97 Å². The number of rotatable bonds is 8. The number of benzene rings is 2. The molecule has 0 saturated heterocycles. The van der Waals surface area contributed by atoms with Gasteiger partial charge in [0.1, 0.15) is 18.2 Å². The van der Waals surface area contributed by atoms with Crippen molar-refractivity contribution in [1.82, 2.24) is 0 Å². The summed E-state index contributed by atoms with van der Waals surface area (Å²) in [7, 11) is 0. The van der Waals surface area contributed by atoms with E-state index in [1.165, 1.54) is 18.2 Å². The van der Waals surface area contributed by atoms with Gasteiger partial charge in [-0.3, -0.25) is 4.94 Å². The minimum Gasteiger partial charge on any atom is -0.489 e. The molecule has 1 atom stereocenters. The first-order valence-corrected chi connectivity index (χ1v) is 8.49. The van der Waals surface area contributed by atoms with Gasteiger partial charge in [-0.05, 0) is 36.8 Å². The Morgan fingerprint density at radius 3 is 2.54 bits per heavy atom. The molecule has 0 amide bonds. The third-order valence-corrected chi connectivity index (χ3v) is 4.25. The molecular formula is C18H16Cl2F2O4. The lowest BCUT2D eigenvalue weighted by Gasteiger charge is -2.17. The molecule has 0 radical (unpaired) electrons. The number of hydrogen-bond donors (Lipinski definition) is 0. The molecule has 4 nitrogen and oxygen atoms in total. The quantitative estimate of drug-likeness (QED) is 0.573. The molecule has 0 aliphatic carbocycles. The number of carbonyl (C=O) groups excluding carboxylic acids is 1. The molecule has 2 rings (SSSR count). The van der Waals surface area contributed by atoms with Gasteiger partial charge in [-0.2, -0.15) is 0 Å². The predicted molar refractivity (Wildman–Crippen MR) is 93.4 cm³/mol. The Morgan fingerprint density at radius 1 is 1.15 bits per heavy atom. The number of carbonyl (C=O) groups is 1. The Morgan fingerprint density at radius 2 is 1.92 bits per heavy atom. The Labute approximate surface area is 159 Å². The van der Waals surface area contributed by atoms with Crippen molar-refractivity contribution in [3.05, 3.63) is 63.4 Å². The summed E-state index contributed by atoms with van der Waals surface area (Å²) in [6, 6.07) is 9.16. The lowest BCUT2D eigenvalue weighted by molar-refractivity contribution is -0.186. The summed E-state index contributed by atoms with van der Waals surface area (Å²) in [5, 5.41) is 0.827. The summed E-state index contributed by atoms with van der Waals surface area (Å²) < 4.78 is 37.2. The van der Waals surface area contributed by atoms with Crippen LogP contribution in [0.25, 0.3) is 0 Å². The highest BCUT2D eigenvalue weighted by atomic mass is 35.5. The van der Waals surface area contributed by atoms with Gasteiger partial charge in [0.15, 0.2) is 0 Å². The fourth-order valence-electron chi connectivity index (χ4n) is 2.30. The van der Waals surface area contributed by atoms with Crippen LogP contribution in [0.1, 0.15) is 30.6 Å². The molecule has 140 valence electrons. The van der Waals surface area contributed by atoms with Gasteiger partial charge in [-0.25, -0.2) is 9.18 Å². The molecule has 2 aromatic carbocycles. The van der Waals surface area contributed by atoms with E-state index >= 15 is 0 Å². The standard InChI is InChI=1S/C18H16Cl2F2O4/c1-2-24-17(9-18(23)26-22)13-5-4-12(8-16(13)21)25-10-11-3-6-14(19)15(20)7-11/h3-8,17H,2,9-10H2,1H3. The molecule has 0 bridgehead atoms. The van der Waals surface area contributed by atoms with Gasteiger partial charge in [-0.1, -0.05) is 29.3 Å². The molecule has 0 saturated carbocycles. The Bertz CT molecular complexity index is 771. The highest BCUT2D eigenvalue weighted by Crippen LogP contribution is 2.28. The van der Waals surface area contributed by atoms with Crippen LogP contribution in [-0.4, -0.2) is 12.6 Å². The zero-order valence-electron chi connectivity index (χ0n) is 13.8. The van der Waals surface area contributed by atoms with Gasteiger partial charge < -0.3 is 9.47 Å².